The van der Waals surface area contributed by atoms with Gasteiger partial charge in [-0.15, -0.1) is 11.8 Å². The van der Waals surface area contributed by atoms with Gasteiger partial charge in [0, 0.05) is 35.9 Å². The number of benzene rings is 2. The van der Waals surface area contributed by atoms with Gasteiger partial charge in [0.25, 0.3) is 0 Å². The van der Waals surface area contributed by atoms with E-state index in [4.69, 9.17) is 14.9 Å². The summed E-state index contributed by atoms with van der Waals surface area (Å²) in [6.45, 7) is 2.27. The molecular formula is C24H27NO5S. The number of hydrogen-bond donors (Lipinski definition) is 2. The highest BCUT2D eigenvalue weighted by Crippen LogP contribution is 2.42. The number of rotatable bonds is 4. The average Bonchev–Trinajstić information content (AvgIpc) is 2.92. The molecule has 0 amide bonds. The molecule has 2 aromatic rings. The fourth-order valence-corrected chi connectivity index (χ4v) is 4.77. The molecule has 2 aliphatic heterocycles. The Labute approximate surface area is 186 Å². The SMILES string of the molecule is CN1CCC(OC2c3ccccc3CSc3ccccc32)CC1.O=C(O)/C=C/C(=O)O. The van der Waals surface area contributed by atoms with Crippen molar-refractivity contribution in [3.8, 4) is 0 Å². The van der Waals surface area contributed by atoms with Crippen LogP contribution in [0.3, 0.4) is 0 Å². The molecule has 1 atom stereocenters. The summed E-state index contributed by atoms with van der Waals surface area (Å²) in [7, 11) is 2.20. The van der Waals surface area contributed by atoms with Gasteiger partial charge in [-0.25, -0.2) is 9.59 Å². The summed E-state index contributed by atoms with van der Waals surface area (Å²) < 4.78 is 6.67. The third kappa shape index (κ3) is 6.69. The van der Waals surface area contributed by atoms with Crippen molar-refractivity contribution in [2.24, 2.45) is 0 Å². The van der Waals surface area contributed by atoms with Crippen molar-refractivity contribution in [2.75, 3.05) is 20.1 Å². The number of carboxylic acid groups (broad SMARTS) is 2. The Morgan fingerprint density at radius 1 is 0.968 bits per heavy atom. The first-order chi connectivity index (χ1) is 14.9. The minimum Gasteiger partial charge on any atom is -0.478 e. The van der Waals surface area contributed by atoms with E-state index in [1.165, 1.54) is 21.6 Å². The van der Waals surface area contributed by atoms with Crippen LogP contribution >= 0.6 is 11.8 Å². The Bertz CT molecular complexity index is 874. The van der Waals surface area contributed by atoms with Crippen LogP contribution in [0.5, 0.6) is 0 Å². The fraction of sp³-hybridized carbons (Fsp3) is 0.333. The van der Waals surface area contributed by atoms with Crippen LogP contribution in [0.15, 0.2) is 65.6 Å². The molecule has 7 heteroatoms. The van der Waals surface area contributed by atoms with Crippen molar-refractivity contribution in [2.45, 2.75) is 35.7 Å². The number of carbonyl (C=O) groups is 2. The predicted octanol–water partition coefficient (Wildman–Crippen LogP) is 4.20. The average molecular weight is 442 g/mol. The van der Waals surface area contributed by atoms with Crippen LogP contribution in [-0.4, -0.2) is 53.3 Å². The number of nitrogens with zero attached hydrogens (tertiary/aromatic N) is 1. The minimum atomic E-state index is -1.26. The second-order valence-corrected chi connectivity index (χ2v) is 8.57. The number of thioether (sulfide) groups is 1. The summed E-state index contributed by atoms with van der Waals surface area (Å²) in [5.74, 6) is -1.49. The lowest BCUT2D eigenvalue weighted by molar-refractivity contribution is -0.134. The highest BCUT2D eigenvalue weighted by atomic mass is 32.2. The number of fused-ring (bicyclic) bond motifs is 2. The van der Waals surface area contributed by atoms with E-state index in [0.717, 1.165) is 31.7 Å². The van der Waals surface area contributed by atoms with E-state index in [-0.39, 0.29) is 6.10 Å². The number of ether oxygens (including phenoxy) is 1. The van der Waals surface area contributed by atoms with E-state index in [9.17, 15) is 9.59 Å². The summed E-state index contributed by atoms with van der Waals surface area (Å²) in [4.78, 5) is 22.9. The summed E-state index contributed by atoms with van der Waals surface area (Å²) in [5.41, 5.74) is 4.09. The zero-order valence-electron chi connectivity index (χ0n) is 17.4. The van der Waals surface area contributed by atoms with Crippen LogP contribution in [0.25, 0.3) is 0 Å². The van der Waals surface area contributed by atoms with Crippen molar-refractivity contribution >= 4 is 23.7 Å². The molecule has 2 aromatic carbocycles. The summed E-state index contributed by atoms with van der Waals surface area (Å²) in [6.07, 6.45) is 3.81. The molecule has 0 spiro atoms. The molecule has 0 bridgehead atoms. The van der Waals surface area contributed by atoms with Crippen molar-refractivity contribution in [1.29, 1.82) is 0 Å². The van der Waals surface area contributed by atoms with E-state index in [1.807, 2.05) is 11.8 Å². The zero-order valence-corrected chi connectivity index (χ0v) is 18.3. The second-order valence-electron chi connectivity index (χ2n) is 7.55. The Hall–Kier alpha value is -2.61. The van der Waals surface area contributed by atoms with Gasteiger partial charge in [0.05, 0.1) is 6.10 Å². The van der Waals surface area contributed by atoms with E-state index >= 15 is 0 Å². The first-order valence-electron chi connectivity index (χ1n) is 10.2. The molecule has 2 N–H and O–H groups in total. The zero-order chi connectivity index (χ0) is 22.2. The van der Waals surface area contributed by atoms with Crippen LogP contribution in [0.4, 0.5) is 0 Å². The molecule has 0 aliphatic carbocycles. The van der Waals surface area contributed by atoms with Gasteiger partial charge in [0.15, 0.2) is 0 Å². The normalized spacial score (nSPS) is 18.9. The lowest BCUT2D eigenvalue weighted by Crippen LogP contribution is -2.35. The van der Waals surface area contributed by atoms with Gasteiger partial charge in [-0.05, 0) is 42.6 Å². The van der Waals surface area contributed by atoms with Gasteiger partial charge >= 0.3 is 11.9 Å². The molecular weight excluding hydrogens is 414 g/mol. The molecule has 164 valence electrons. The highest BCUT2D eigenvalue weighted by Gasteiger charge is 2.28. The molecule has 1 fully saturated rings. The molecule has 0 saturated carbocycles. The van der Waals surface area contributed by atoms with E-state index in [2.05, 4.69) is 60.5 Å². The molecule has 0 aromatic heterocycles. The quantitative estimate of drug-likeness (QED) is 0.688. The monoisotopic (exact) mass is 441 g/mol. The number of likely N-dealkylation sites (tertiary alicyclic amines) is 1. The second kappa shape index (κ2) is 11.1. The number of carboxylic acids is 2. The highest BCUT2D eigenvalue weighted by molar-refractivity contribution is 7.98. The van der Waals surface area contributed by atoms with Gasteiger partial charge in [-0.1, -0.05) is 42.5 Å². The molecule has 2 aliphatic rings. The largest absolute Gasteiger partial charge is 0.478 e. The lowest BCUT2D eigenvalue weighted by atomic mass is 9.96. The lowest BCUT2D eigenvalue weighted by Gasteiger charge is -2.32. The first kappa shape index (κ1) is 23.1. The Balaban J connectivity index is 0.000000293. The molecule has 31 heavy (non-hydrogen) atoms. The van der Waals surface area contributed by atoms with Crippen molar-refractivity contribution in [3.63, 3.8) is 0 Å². The number of aliphatic carboxylic acids is 2. The summed E-state index contributed by atoms with van der Waals surface area (Å²) >= 11 is 1.93. The molecule has 1 unspecified atom stereocenters. The molecule has 2 heterocycles. The van der Waals surface area contributed by atoms with Crippen molar-refractivity contribution in [1.82, 2.24) is 4.90 Å². The van der Waals surface area contributed by atoms with Gasteiger partial charge in [-0.3, -0.25) is 0 Å². The maximum Gasteiger partial charge on any atom is 0.328 e. The first-order valence-corrected chi connectivity index (χ1v) is 11.2. The molecule has 4 rings (SSSR count). The number of hydrogen-bond acceptors (Lipinski definition) is 5. The Morgan fingerprint density at radius 3 is 2.19 bits per heavy atom. The van der Waals surface area contributed by atoms with Crippen LogP contribution < -0.4 is 0 Å². The maximum absolute atomic E-state index is 9.55. The van der Waals surface area contributed by atoms with Gasteiger partial charge in [-0.2, -0.15) is 0 Å². The minimum absolute atomic E-state index is 0.0748. The van der Waals surface area contributed by atoms with Crippen LogP contribution in [-0.2, 0) is 20.1 Å². The van der Waals surface area contributed by atoms with E-state index in [1.54, 1.807) is 0 Å². The maximum atomic E-state index is 9.55. The summed E-state index contributed by atoms with van der Waals surface area (Å²) in [6, 6.07) is 17.5. The van der Waals surface area contributed by atoms with E-state index in [0.29, 0.717) is 18.3 Å². The molecule has 6 nitrogen and oxygen atoms in total. The fourth-order valence-electron chi connectivity index (χ4n) is 3.68. The number of piperidine rings is 1. The third-order valence-electron chi connectivity index (χ3n) is 5.28. The van der Waals surface area contributed by atoms with Gasteiger partial charge < -0.3 is 19.8 Å². The Kier molecular flexibility index (Phi) is 8.28. The van der Waals surface area contributed by atoms with Crippen molar-refractivity contribution < 1.29 is 24.5 Å². The smallest absolute Gasteiger partial charge is 0.328 e. The molecule has 1 saturated heterocycles. The third-order valence-corrected chi connectivity index (χ3v) is 6.42. The van der Waals surface area contributed by atoms with Crippen molar-refractivity contribution in [3.05, 3.63) is 77.4 Å². The standard InChI is InChI=1S/C20H23NOS.C4H4O4/c1-21-12-10-16(11-13-21)22-20-17-7-3-2-6-15(17)14-23-19-9-5-4-8-18(19)20;5-3(6)1-2-4(7)8/h2-9,16,20H,10-14H2,1H3;1-2H,(H,5,6)(H,7,8)/b;2-1+. The molecule has 0 radical (unpaired) electrons. The van der Waals surface area contributed by atoms with Crippen LogP contribution in [0.2, 0.25) is 0 Å². The van der Waals surface area contributed by atoms with Crippen LogP contribution in [0.1, 0.15) is 35.6 Å². The predicted molar refractivity (Wildman–Crippen MR) is 120 cm³/mol. The Morgan fingerprint density at radius 2 is 1.55 bits per heavy atom. The van der Waals surface area contributed by atoms with Crippen LogP contribution in [0, 0.1) is 0 Å². The van der Waals surface area contributed by atoms with Gasteiger partial charge in [0.2, 0.25) is 0 Å². The summed E-state index contributed by atoms with van der Waals surface area (Å²) in [5, 5.41) is 15.6. The van der Waals surface area contributed by atoms with Gasteiger partial charge in [0.1, 0.15) is 6.10 Å². The topological polar surface area (TPSA) is 87.1 Å². The van der Waals surface area contributed by atoms with E-state index < -0.39 is 11.9 Å².